The van der Waals surface area contributed by atoms with Crippen molar-refractivity contribution in [1.82, 2.24) is 19.4 Å². The average molecular weight is 527 g/mol. The molecular weight excluding hydrogens is 491 g/mol. The van der Waals surface area contributed by atoms with Gasteiger partial charge in [0.2, 0.25) is 5.88 Å². The molecular formula is C32H35FN4O2. The molecule has 2 fully saturated rings. The maximum Gasteiger partial charge on any atom is 0.224 e. The molecule has 0 radical (unpaired) electrons. The van der Waals surface area contributed by atoms with Gasteiger partial charge in [0, 0.05) is 56.0 Å². The fourth-order valence-corrected chi connectivity index (χ4v) is 5.68. The lowest BCUT2D eigenvalue weighted by Crippen LogP contribution is -2.50. The lowest BCUT2D eigenvalue weighted by atomic mass is 10.0. The number of allylic oxidation sites excluding steroid dienone is 1. The smallest absolute Gasteiger partial charge is 0.224 e. The topological polar surface area (TPSA) is 42.8 Å². The Bertz CT molecular complexity index is 1490. The molecule has 4 aromatic rings. The second-order valence-corrected chi connectivity index (χ2v) is 10.6. The molecule has 1 aliphatic carbocycles. The summed E-state index contributed by atoms with van der Waals surface area (Å²) in [5, 5.41) is 1.11. The van der Waals surface area contributed by atoms with Crippen LogP contribution in [-0.4, -0.2) is 59.2 Å². The fraction of sp³-hybridized carbons (Fsp3) is 0.344. The van der Waals surface area contributed by atoms with E-state index in [0.29, 0.717) is 11.9 Å². The Morgan fingerprint density at radius 1 is 0.923 bits per heavy atom. The summed E-state index contributed by atoms with van der Waals surface area (Å²) in [5.41, 5.74) is 7.10. The molecule has 0 N–H and O–H groups in total. The minimum atomic E-state index is -0.187. The maximum atomic E-state index is 13.3. The minimum absolute atomic E-state index is 0.187. The van der Waals surface area contributed by atoms with Gasteiger partial charge in [-0.1, -0.05) is 24.3 Å². The number of aromatic nitrogens is 2. The van der Waals surface area contributed by atoms with E-state index in [-0.39, 0.29) is 5.82 Å². The van der Waals surface area contributed by atoms with Gasteiger partial charge in [-0.15, -0.1) is 0 Å². The summed E-state index contributed by atoms with van der Waals surface area (Å²) in [4.78, 5) is 10.0. The van der Waals surface area contributed by atoms with E-state index >= 15 is 0 Å². The summed E-state index contributed by atoms with van der Waals surface area (Å²) < 4.78 is 26.7. The van der Waals surface area contributed by atoms with Crippen LogP contribution in [0, 0.1) is 5.82 Å². The SMILES string of the molecule is COc1ccc(Cn2ccc3cc(C(=C4CC4)N4CCN(Cc5ccc(F)cc5)CC4C)c(OC)nc32)cc1. The van der Waals surface area contributed by atoms with Gasteiger partial charge in [-0.25, -0.2) is 4.39 Å². The Morgan fingerprint density at radius 2 is 1.64 bits per heavy atom. The van der Waals surface area contributed by atoms with Gasteiger partial charge >= 0.3 is 0 Å². The number of hydrogen-bond acceptors (Lipinski definition) is 5. The summed E-state index contributed by atoms with van der Waals surface area (Å²) in [5.74, 6) is 1.34. The van der Waals surface area contributed by atoms with Crippen molar-refractivity contribution >= 4 is 16.7 Å². The third kappa shape index (κ3) is 5.36. The first-order valence-electron chi connectivity index (χ1n) is 13.6. The Balaban J connectivity index is 1.25. The first-order chi connectivity index (χ1) is 19.0. The highest BCUT2D eigenvalue weighted by atomic mass is 19.1. The molecule has 3 heterocycles. The minimum Gasteiger partial charge on any atom is -0.497 e. The zero-order valence-electron chi connectivity index (χ0n) is 22.9. The normalized spacial score (nSPS) is 17.5. The number of methoxy groups -OCH3 is 2. The van der Waals surface area contributed by atoms with E-state index in [2.05, 4.69) is 51.8 Å². The maximum absolute atomic E-state index is 13.3. The molecule has 39 heavy (non-hydrogen) atoms. The van der Waals surface area contributed by atoms with E-state index in [1.807, 2.05) is 24.3 Å². The van der Waals surface area contributed by atoms with Gasteiger partial charge < -0.3 is 18.9 Å². The van der Waals surface area contributed by atoms with Gasteiger partial charge in [0.25, 0.3) is 0 Å². The molecule has 1 aliphatic heterocycles. The van der Waals surface area contributed by atoms with Crippen LogP contribution in [0.1, 0.15) is 36.5 Å². The highest BCUT2D eigenvalue weighted by Crippen LogP contribution is 2.43. The van der Waals surface area contributed by atoms with Crippen LogP contribution >= 0.6 is 0 Å². The van der Waals surface area contributed by atoms with Gasteiger partial charge in [0.15, 0.2) is 0 Å². The number of benzene rings is 2. The van der Waals surface area contributed by atoms with E-state index in [1.165, 1.54) is 16.8 Å². The number of piperazine rings is 1. The second kappa shape index (κ2) is 10.7. The first-order valence-corrected chi connectivity index (χ1v) is 13.6. The third-order valence-electron chi connectivity index (χ3n) is 7.82. The van der Waals surface area contributed by atoms with Crippen LogP contribution in [0.2, 0.25) is 0 Å². The predicted octanol–water partition coefficient (Wildman–Crippen LogP) is 5.95. The Morgan fingerprint density at radius 3 is 2.31 bits per heavy atom. The van der Waals surface area contributed by atoms with Gasteiger partial charge in [0.05, 0.1) is 19.8 Å². The fourth-order valence-electron chi connectivity index (χ4n) is 5.68. The van der Waals surface area contributed by atoms with Crippen LogP contribution in [0.3, 0.4) is 0 Å². The molecule has 2 aromatic carbocycles. The van der Waals surface area contributed by atoms with Crippen LogP contribution in [0.5, 0.6) is 11.6 Å². The molecule has 0 spiro atoms. The highest BCUT2D eigenvalue weighted by Gasteiger charge is 2.32. The molecule has 2 aliphatic rings. The Hall–Kier alpha value is -3.84. The number of fused-ring (bicyclic) bond motifs is 1. The van der Waals surface area contributed by atoms with Crippen LogP contribution < -0.4 is 9.47 Å². The first kappa shape index (κ1) is 25.4. The van der Waals surface area contributed by atoms with Crippen molar-refractivity contribution in [2.24, 2.45) is 0 Å². The van der Waals surface area contributed by atoms with Crippen molar-refractivity contribution in [2.75, 3.05) is 33.9 Å². The molecule has 6 rings (SSSR count). The number of nitrogens with zero attached hydrogens (tertiary/aromatic N) is 4. The van der Waals surface area contributed by atoms with Crippen molar-refractivity contribution in [3.63, 3.8) is 0 Å². The monoisotopic (exact) mass is 526 g/mol. The van der Waals surface area contributed by atoms with Crippen molar-refractivity contribution in [1.29, 1.82) is 0 Å². The lowest BCUT2D eigenvalue weighted by molar-refractivity contribution is 0.122. The van der Waals surface area contributed by atoms with Gasteiger partial charge in [-0.05, 0) is 72.9 Å². The van der Waals surface area contributed by atoms with Gasteiger partial charge in [-0.2, -0.15) is 4.98 Å². The standard InChI is InChI=1S/C32H35FN4O2/c1-22-19-35(20-23-4-10-27(33)11-5-23)16-17-37(22)30(25-8-9-25)29-18-26-14-15-36(31(26)34-32(29)39-3)21-24-6-12-28(38-2)13-7-24/h4-7,10-15,18,22H,8-9,16-17,19-21H2,1-3H3. The zero-order valence-corrected chi connectivity index (χ0v) is 22.9. The summed E-state index contributed by atoms with van der Waals surface area (Å²) in [6, 6.07) is 19.7. The van der Waals surface area contributed by atoms with Crippen molar-refractivity contribution in [3.05, 3.63) is 94.9 Å². The average Bonchev–Trinajstić information content (AvgIpc) is 3.72. The van der Waals surface area contributed by atoms with Crippen LogP contribution in [0.25, 0.3) is 16.7 Å². The van der Waals surface area contributed by atoms with E-state index in [4.69, 9.17) is 14.5 Å². The predicted molar refractivity (Wildman–Crippen MR) is 152 cm³/mol. The largest absolute Gasteiger partial charge is 0.497 e. The number of hydrogen-bond donors (Lipinski definition) is 0. The quantitative estimate of drug-likeness (QED) is 0.284. The van der Waals surface area contributed by atoms with Crippen LogP contribution in [0.15, 0.2) is 72.4 Å². The molecule has 1 saturated carbocycles. The number of ether oxygens (including phenoxy) is 2. The van der Waals surface area contributed by atoms with Crippen molar-refractivity contribution in [3.8, 4) is 11.6 Å². The lowest BCUT2D eigenvalue weighted by Gasteiger charge is -2.42. The second-order valence-electron chi connectivity index (χ2n) is 10.6. The Labute approximate surface area is 229 Å². The molecule has 1 unspecified atom stereocenters. The van der Waals surface area contributed by atoms with Crippen molar-refractivity contribution < 1.29 is 13.9 Å². The molecule has 7 heteroatoms. The molecule has 2 aromatic heterocycles. The molecule has 0 bridgehead atoms. The summed E-state index contributed by atoms with van der Waals surface area (Å²) in [7, 11) is 3.40. The number of rotatable bonds is 8. The highest BCUT2D eigenvalue weighted by molar-refractivity contribution is 5.85. The van der Waals surface area contributed by atoms with Gasteiger partial charge in [-0.3, -0.25) is 4.90 Å². The van der Waals surface area contributed by atoms with Crippen LogP contribution in [0.4, 0.5) is 4.39 Å². The Kier molecular flexibility index (Phi) is 7.00. The summed E-state index contributed by atoms with van der Waals surface area (Å²) >= 11 is 0. The summed E-state index contributed by atoms with van der Waals surface area (Å²) in [6.07, 6.45) is 4.35. The van der Waals surface area contributed by atoms with E-state index in [1.54, 1.807) is 26.4 Å². The number of halogens is 1. The third-order valence-corrected chi connectivity index (χ3v) is 7.82. The van der Waals surface area contributed by atoms with Crippen molar-refractivity contribution in [2.45, 2.75) is 38.9 Å². The molecule has 6 nitrogen and oxygen atoms in total. The molecule has 0 amide bonds. The zero-order chi connectivity index (χ0) is 26.9. The molecule has 1 saturated heterocycles. The van der Waals surface area contributed by atoms with Crippen LogP contribution in [-0.2, 0) is 13.1 Å². The molecule has 202 valence electrons. The van der Waals surface area contributed by atoms with Gasteiger partial charge in [0.1, 0.15) is 17.2 Å². The molecule has 1 atom stereocenters. The summed E-state index contributed by atoms with van der Waals surface area (Å²) in [6.45, 7) is 6.69. The van der Waals surface area contributed by atoms with E-state index in [0.717, 1.165) is 73.5 Å². The van der Waals surface area contributed by atoms with E-state index < -0.39 is 0 Å². The van der Waals surface area contributed by atoms with E-state index in [9.17, 15) is 4.39 Å². The number of pyridine rings is 1.